The minimum atomic E-state index is -3.19. The molecule has 1 N–H and O–H groups in total. The van der Waals surface area contributed by atoms with Crippen molar-refractivity contribution >= 4 is 29.2 Å². The first-order valence-electron chi connectivity index (χ1n) is 5.54. The van der Waals surface area contributed by atoms with Crippen LogP contribution >= 0.6 is 23.2 Å². The highest BCUT2D eigenvalue weighted by atomic mass is 35.5. The fraction of sp³-hybridized carbons (Fsp3) is 0.182. The third-order valence-corrected chi connectivity index (χ3v) is 3.61. The Bertz CT molecular complexity index is 832. The van der Waals surface area contributed by atoms with Gasteiger partial charge in [0.05, 0.1) is 15.6 Å². The number of nitrogens with zero attached hydrogens (tertiary/aromatic N) is 3. The van der Waals surface area contributed by atoms with Crippen LogP contribution < -0.4 is 5.69 Å². The largest absolute Gasteiger partial charge is 0.478 e. The van der Waals surface area contributed by atoms with Gasteiger partial charge in [-0.05, 0) is 13.0 Å². The zero-order valence-corrected chi connectivity index (χ0v) is 12.2. The molecular weight excluding hydrogens is 350 g/mol. The van der Waals surface area contributed by atoms with Crippen LogP contribution in [0.25, 0.3) is 5.69 Å². The Balaban J connectivity index is 2.82. The number of aromatic carboxylic acids is 1. The molecule has 0 aliphatic heterocycles. The van der Waals surface area contributed by atoms with E-state index in [-0.39, 0.29) is 10.4 Å². The average Bonchev–Trinajstić information content (AvgIpc) is 2.71. The van der Waals surface area contributed by atoms with Gasteiger partial charge in [0, 0.05) is 0 Å². The predicted octanol–water partition coefficient (Wildman–Crippen LogP) is 2.88. The summed E-state index contributed by atoms with van der Waals surface area (Å²) < 4.78 is 39.9. The van der Waals surface area contributed by atoms with Gasteiger partial charge in [0.25, 0.3) is 0 Å². The van der Waals surface area contributed by atoms with Crippen LogP contribution in [0.15, 0.2) is 10.9 Å². The third-order valence-electron chi connectivity index (χ3n) is 2.76. The van der Waals surface area contributed by atoms with Crippen molar-refractivity contribution in [2.24, 2.45) is 0 Å². The van der Waals surface area contributed by atoms with Crippen LogP contribution in [0.1, 0.15) is 22.7 Å². The van der Waals surface area contributed by atoms with Gasteiger partial charge >= 0.3 is 18.2 Å². The Kier molecular flexibility index (Phi) is 4.21. The summed E-state index contributed by atoms with van der Waals surface area (Å²) >= 11 is 11.2. The summed E-state index contributed by atoms with van der Waals surface area (Å²) in [5, 5.41) is 11.1. The van der Waals surface area contributed by atoms with Crippen LogP contribution in [-0.2, 0) is 0 Å². The first kappa shape index (κ1) is 16.4. The molecule has 0 atom stereocenters. The summed E-state index contributed by atoms with van der Waals surface area (Å²) in [6, 6.07) is 0.690. The van der Waals surface area contributed by atoms with Gasteiger partial charge < -0.3 is 5.11 Å². The topological polar surface area (TPSA) is 77.1 Å². The van der Waals surface area contributed by atoms with Crippen molar-refractivity contribution in [2.75, 3.05) is 0 Å². The molecule has 0 aliphatic carbocycles. The molecule has 0 amide bonds. The summed E-state index contributed by atoms with van der Waals surface area (Å²) in [6.45, 7) is -2.08. The second-order valence-electron chi connectivity index (χ2n) is 4.08. The van der Waals surface area contributed by atoms with Crippen molar-refractivity contribution in [3.63, 3.8) is 0 Å². The molecule has 0 aliphatic rings. The van der Waals surface area contributed by atoms with Crippen LogP contribution in [0, 0.1) is 12.7 Å². The third kappa shape index (κ3) is 2.46. The van der Waals surface area contributed by atoms with Crippen LogP contribution in [-0.4, -0.2) is 25.4 Å². The smallest absolute Gasteiger partial charge is 0.355 e. The van der Waals surface area contributed by atoms with E-state index in [2.05, 4.69) is 5.10 Å². The molecule has 0 bridgehead atoms. The number of aryl methyl sites for hydroxylation is 1. The lowest BCUT2D eigenvalue weighted by Gasteiger charge is -2.08. The Morgan fingerprint density at radius 1 is 1.36 bits per heavy atom. The van der Waals surface area contributed by atoms with Crippen molar-refractivity contribution < 1.29 is 23.1 Å². The van der Waals surface area contributed by atoms with Crippen molar-refractivity contribution in [3.8, 4) is 5.69 Å². The van der Waals surface area contributed by atoms with Crippen molar-refractivity contribution in [2.45, 2.75) is 13.5 Å². The fourth-order valence-electron chi connectivity index (χ4n) is 1.76. The Labute approximate surface area is 130 Å². The molecule has 118 valence electrons. The normalized spacial score (nSPS) is 11.2. The molecule has 22 heavy (non-hydrogen) atoms. The number of carbonyl (C=O) groups is 1. The number of halogens is 5. The lowest BCUT2D eigenvalue weighted by Crippen LogP contribution is -2.25. The van der Waals surface area contributed by atoms with Crippen LogP contribution in [0.2, 0.25) is 10.0 Å². The minimum absolute atomic E-state index is 0.0163. The van der Waals surface area contributed by atoms with Crippen molar-refractivity contribution in [1.29, 1.82) is 0 Å². The molecule has 1 aromatic carbocycles. The quantitative estimate of drug-likeness (QED) is 0.858. The van der Waals surface area contributed by atoms with E-state index >= 15 is 0 Å². The molecule has 0 spiro atoms. The Morgan fingerprint density at radius 2 is 1.95 bits per heavy atom. The van der Waals surface area contributed by atoms with Crippen molar-refractivity contribution in [3.05, 3.63) is 43.8 Å². The predicted molar refractivity (Wildman–Crippen MR) is 70.8 cm³/mol. The SMILES string of the molecule is Cc1nn(-c2cc(C(=O)O)c(Cl)c(Cl)c2F)c(=O)n1C(F)F. The maximum absolute atomic E-state index is 14.1. The number of carboxylic acid groups (broad SMARTS) is 1. The number of rotatable bonds is 3. The lowest BCUT2D eigenvalue weighted by atomic mass is 10.2. The number of aromatic nitrogens is 3. The van der Waals surface area contributed by atoms with Gasteiger partial charge in [-0.2, -0.15) is 13.5 Å². The van der Waals surface area contributed by atoms with Gasteiger partial charge in [-0.1, -0.05) is 23.2 Å². The van der Waals surface area contributed by atoms with E-state index in [1.165, 1.54) is 0 Å². The van der Waals surface area contributed by atoms with Gasteiger partial charge in [-0.3, -0.25) is 0 Å². The standard InChI is InChI=1S/C11H6Cl2F3N3O3/c1-3-17-19(11(22)18(3)10(15)16)5-2-4(9(20)21)6(12)7(13)8(5)14/h2,10H,1H3,(H,20,21). The molecular formula is C11H6Cl2F3N3O3. The Morgan fingerprint density at radius 3 is 2.41 bits per heavy atom. The van der Waals surface area contributed by atoms with Crippen molar-refractivity contribution in [1.82, 2.24) is 14.3 Å². The molecule has 0 radical (unpaired) electrons. The van der Waals surface area contributed by atoms with Gasteiger partial charge in [0.2, 0.25) is 0 Å². The van der Waals surface area contributed by atoms with E-state index in [4.69, 9.17) is 28.3 Å². The van der Waals surface area contributed by atoms with Crippen LogP contribution in [0.5, 0.6) is 0 Å². The van der Waals surface area contributed by atoms with E-state index in [1.807, 2.05) is 0 Å². The molecule has 2 aromatic rings. The van der Waals surface area contributed by atoms with Gasteiger partial charge in [0.1, 0.15) is 11.5 Å². The zero-order valence-electron chi connectivity index (χ0n) is 10.6. The van der Waals surface area contributed by atoms with Crippen LogP contribution in [0.3, 0.4) is 0 Å². The number of alkyl halides is 2. The average molecular weight is 356 g/mol. The number of hydrogen-bond acceptors (Lipinski definition) is 3. The van der Waals surface area contributed by atoms with E-state index in [0.29, 0.717) is 10.7 Å². The van der Waals surface area contributed by atoms with Gasteiger partial charge in [-0.25, -0.2) is 18.5 Å². The lowest BCUT2D eigenvalue weighted by molar-refractivity contribution is 0.0638. The summed E-state index contributed by atoms with van der Waals surface area (Å²) in [5.41, 5.74) is -2.64. The molecule has 0 saturated carbocycles. The summed E-state index contributed by atoms with van der Waals surface area (Å²) in [5.74, 6) is -3.17. The summed E-state index contributed by atoms with van der Waals surface area (Å²) in [6.07, 6.45) is 0. The number of benzene rings is 1. The number of carboxylic acids is 1. The summed E-state index contributed by atoms with van der Waals surface area (Å²) in [4.78, 5) is 22.9. The van der Waals surface area contributed by atoms with E-state index in [0.717, 1.165) is 6.92 Å². The van der Waals surface area contributed by atoms with E-state index < -0.39 is 45.3 Å². The molecule has 1 heterocycles. The van der Waals surface area contributed by atoms with Gasteiger partial charge in [-0.15, -0.1) is 5.10 Å². The molecule has 0 saturated heterocycles. The monoisotopic (exact) mass is 355 g/mol. The molecule has 2 rings (SSSR count). The first-order valence-corrected chi connectivity index (χ1v) is 6.29. The maximum atomic E-state index is 14.1. The molecule has 0 unspecified atom stereocenters. The first-order chi connectivity index (χ1) is 10.2. The second kappa shape index (κ2) is 5.65. The molecule has 0 fully saturated rings. The van der Waals surface area contributed by atoms with E-state index in [1.54, 1.807) is 0 Å². The highest BCUT2D eigenvalue weighted by Gasteiger charge is 2.25. The highest BCUT2D eigenvalue weighted by Crippen LogP contribution is 2.32. The molecule has 6 nitrogen and oxygen atoms in total. The minimum Gasteiger partial charge on any atom is -0.478 e. The number of hydrogen-bond donors (Lipinski definition) is 1. The van der Waals surface area contributed by atoms with Gasteiger partial charge in [0.15, 0.2) is 5.82 Å². The van der Waals surface area contributed by atoms with Crippen LogP contribution in [0.4, 0.5) is 13.2 Å². The highest BCUT2D eigenvalue weighted by molar-refractivity contribution is 6.44. The van der Waals surface area contributed by atoms with E-state index in [9.17, 15) is 22.8 Å². The Hall–Kier alpha value is -2.00. The molecule has 11 heteroatoms. The second-order valence-corrected chi connectivity index (χ2v) is 4.84. The summed E-state index contributed by atoms with van der Waals surface area (Å²) in [7, 11) is 0. The maximum Gasteiger partial charge on any atom is 0.355 e. The molecule has 1 aromatic heterocycles. The fourth-order valence-corrected chi connectivity index (χ4v) is 2.17. The zero-order chi connectivity index (χ0) is 16.8.